The van der Waals surface area contributed by atoms with E-state index < -0.39 is 0 Å². The summed E-state index contributed by atoms with van der Waals surface area (Å²) in [6.45, 7) is 6.41. The maximum absolute atomic E-state index is 12.1. The van der Waals surface area contributed by atoms with Gasteiger partial charge in [0.1, 0.15) is 0 Å². The average molecular weight is 238 g/mol. The van der Waals surface area contributed by atoms with Gasteiger partial charge in [-0.05, 0) is 19.3 Å². The first kappa shape index (κ1) is 11.6. The lowest BCUT2D eigenvalue weighted by Gasteiger charge is -2.32. The van der Waals surface area contributed by atoms with Crippen molar-refractivity contribution in [3.05, 3.63) is 23.8 Å². The zero-order valence-corrected chi connectivity index (χ0v) is 10.6. The molecule has 2 heterocycles. The van der Waals surface area contributed by atoms with Crippen molar-refractivity contribution in [1.29, 1.82) is 0 Å². The zero-order valence-electron chi connectivity index (χ0n) is 9.80. The lowest BCUT2D eigenvalue weighted by molar-refractivity contribution is 0.169. The van der Waals surface area contributed by atoms with E-state index in [9.17, 15) is 4.79 Å². The Balaban J connectivity index is 2.03. The predicted octanol–water partition coefficient (Wildman–Crippen LogP) is 2.52. The van der Waals surface area contributed by atoms with Gasteiger partial charge in [0, 0.05) is 37.0 Å². The van der Waals surface area contributed by atoms with Gasteiger partial charge in [0.25, 0.3) is 0 Å². The third kappa shape index (κ3) is 2.12. The van der Waals surface area contributed by atoms with Crippen LogP contribution in [-0.2, 0) is 0 Å². The molecule has 4 heteroatoms. The fourth-order valence-corrected chi connectivity index (χ4v) is 3.11. The van der Waals surface area contributed by atoms with Gasteiger partial charge in [0.2, 0.25) is 0 Å². The number of carbonyl (C=O) groups is 1. The van der Waals surface area contributed by atoms with Gasteiger partial charge in [0.05, 0.1) is 0 Å². The third-order valence-electron chi connectivity index (χ3n) is 3.13. The highest BCUT2D eigenvalue weighted by molar-refractivity contribution is 8.03. The van der Waals surface area contributed by atoms with Crippen molar-refractivity contribution in [3.63, 3.8) is 0 Å². The number of carbonyl (C=O) groups excluding carboxylic acids is 1. The van der Waals surface area contributed by atoms with Gasteiger partial charge >= 0.3 is 6.03 Å². The summed E-state index contributed by atoms with van der Waals surface area (Å²) < 4.78 is 0. The van der Waals surface area contributed by atoms with Gasteiger partial charge in [-0.15, -0.1) is 11.8 Å². The van der Waals surface area contributed by atoms with Crippen LogP contribution >= 0.6 is 11.8 Å². The quantitative estimate of drug-likeness (QED) is 0.738. The molecule has 0 saturated carbocycles. The molecule has 0 aromatic rings. The Morgan fingerprint density at radius 3 is 2.88 bits per heavy atom. The summed E-state index contributed by atoms with van der Waals surface area (Å²) in [5, 5.41) is 2.69. The second-order valence-electron chi connectivity index (χ2n) is 4.04. The van der Waals surface area contributed by atoms with E-state index in [0.717, 1.165) is 19.6 Å². The molecular formula is C12H18N2OS. The van der Waals surface area contributed by atoms with Gasteiger partial charge in [0.15, 0.2) is 0 Å². The Labute approximate surface area is 101 Å². The van der Waals surface area contributed by atoms with E-state index in [0.29, 0.717) is 11.2 Å². The maximum atomic E-state index is 12.1. The summed E-state index contributed by atoms with van der Waals surface area (Å²) >= 11 is 1.84. The molecule has 0 aromatic heterocycles. The number of amides is 2. The molecule has 2 aliphatic rings. The zero-order chi connectivity index (χ0) is 11.5. The highest BCUT2D eigenvalue weighted by atomic mass is 32.2. The number of hydrogen-bond donors (Lipinski definition) is 0. The molecule has 16 heavy (non-hydrogen) atoms. The minimum Gasteiger partial charge on any atom is -0.325 e. The minimum absolute atomic E-state index is 0.130. The highest BCUT2D eigenvalue weighted by Crippen LogP contribution is 2.34. The van der Waals surface area contributed by atoms with E-state index >= 15 is 0 Å². The van der Waals surface area contributed by atoms with Crippen molar-refractivity contribution in [2.45, 2.75) is 19.1 Å². The summed E-state index contributed by atoms with van der Waals surface area (Å²) in [6, 6.07) is 0.130. The summed E-state index contributed by atoms with van der Waals surface area (Å²) in [6.07, 6.45) is 6.30. The molecule has 0 saturated heterocycles. The molecule has 0 fully saturated rings. The van der Waals surface area contributed by atoms with Crippen LogP contribution in [-0.4, -0.2) is 40.7 Å². The van der Waals surface area contributed by atoms with Crippen molar-refractivity contribution < 1.29 is 4.79 Å². The molecule has 0 aliphatic carbocycles. The number of thioether (sulfide) groups is 1. The largest absolute Gasteiger partial charge is 0.325 e. The van der Waals surface area contributed by atoms with E-state index in [1.165, 1.54) is 0 Å². The smallest absolute Gasteiger partial charge is 0.323 e. The summed E-state index contributed by atoms with van der Waals surface area (Å²) in [5.41, 5.74) is 0. The first-order valence-electron chi connectivity index (χ1n) is 5.82. The van der Waals surface area contributed by atoms with Gasteiger partial charge in [-0.2, -0.15) is 0 Å². The fourth-order valence-electron chi connectivity index (χ4n) is 2.09. The molecule has 0 N–H and O–H groups in total. The third-order valence-corrected chi connectivity index (χ3v) is 4.26. The summed E-state index contributed by atoms with van der Waals surface area (Å²) in [4.78, 5) is 15.8. The predicted molar refractivity (Wildman–Crippen MR) is 68.2 cm³/mol. The highest BCUT2D eigenvalue weighted by Gasteiger charge is 2.29. The van der Waals surface area contributed by atoms with E-state index in [4.69, 9.17) is 0 Å². The first-order chi connectivity index (χ1) is 7.76. The molecular weight excluding hydrogens is 220 g/mol. The normalized spacial score (nSPS) is 27.0. The molecule has 2 atom stereocenters. The van der Waals surface area contributed by atoms with E-state index in [1.807, 2.05) is 41.6 Å². The number of urea groups is 1. The Kier molecular flexibility index (Phi) is 3.59. The molecule has 0 radical (unpaired) electrons. The van der Waals surface area contributed by atoms with Crippen molar-refractivity contribution in [2.24, 2.45) is 5.92 Å². The van der Waals surface area contributed by atoms with E-state index in [2.05, 4.69) is 17.6 Å². The van der Waals surface area contributed by atoms with Crippen LogP contribution in [0.5, 0.6) is 0 Å². The standard InChI is InChI=1S/C12H18N2OS/c1-3-13(4-2)12(15)14-7-5-11-10(9-14)6-8-16-11/h5-8,10-11H,3-4,9H2,1-2H3. The van der Waals surface area contributed by atoms with Crippen LogP contribution in [0.1, 0.15) is 13.8 Å². The number of hydrogen-bond acceptors (Lipinski definition) is 2. The van der Waals surface area contributed by atoms with E-state index in [-0.39, 0.29) is 6.03 Å². The molecule has 0 spiro atoms. The van der Waals surface area contributed by atoms with Crippen molar-refractivity contribution in [2.75, 3.05) is 19.6 Å². The molecule has 3 nitrogen and oxygen atoms in total. The number of rotatable bonds is 2. The van der Waals surface area contributed by atoms with Crippen LogP contribution in [0.3, 0.4) is 0 Å². The summed E-state index contributed by atoms with van der Waals surface area (Å²) in [7, 11) is 0. The van der Waals surface area contributed by atoms with Crippen molar-refractivity contribution in [3.8, 4) is 0 Å². The lowest BCUT2D eigenvalue weighted by Crippen LogP contribution is -2.44. The molecule has 2 amide bonds. The molecule has 2 aliphatic heterocycles. The van der Waals surface area contributed by atoms with Crippen LogP contribution in [0, 0.1) is 5.92 Å². The van der Waals surface area contributed by atoms with Crippen LogP contribution in [0.25, 0.3) is 0 Å². The molecule has 2 rings (SSSR count). The maximum Gasteiger partial charge on any atom is 0.323 e. The van der Waals surface area contributed by atoms with Gasteiger partial charge in [-0.1, -0.05) is 12.2 Å². The molecule has 0 aromatic carbocycles. The molecule has 2 unspecified atom stereocenters. The van der Waals surface area contributed by atoms with Gasteiger partial charge < -0.3 is 9.80 Å². The Morgan fingerprint density at radius 1 is 1.44 bits per heavy atom. The topological polar surface area (TPSA) is 23.6 Å². The Morgan fingerprint density at radius 2 is 2.19 bits per heavy atom. The number of nitrogens with zero attached hydrogens (tertiary/aromatic N) is 2. The van der Waals surface area contributed by atoms with E-state index in [1.54, 1.807) is 0 Å². The lowest BCUT2D eigenvalue weighted by atomic mass is 10.0. The van der Waals surface area contributed by atoms with Crippen molar-refractivity contribution >= 4 is 17.8 Å². The van der Waals surface area contributed by atoms with Crippen LogP contribution in [0.4, 0.5) is 4.79 Å². The van der Waals surface area contributed by atoms with Gasteiger partial charge in [-0.25, -0.2) is 4.79 Å². The molecule has 88 valence electrons. The molecule has 0 bridgehead atoms. The van der Waals surface area contributed by atoms with Gasteiger partial charge in [-0.3, -0.25) is 0 Å². The summed E-state index contributed by atoms with van der Waals surface area (Å²) in [5.74, 6) is 0.495. The fraction of sp³-hybridized carbons (Fsp3) is 0.583. The van der Waals surface area contributed by atoms with Crippen LogP contribution in [0.2, 0.25) is 0 Å². The number of fused-ring (bicyclic) bond motifs is 1. The SMILES string of the molecule is CCN(CC)C(=O)N1C=CC2SC=CC2C1. The van der Waals surface area contributed by atoms with Crippen molar-refractivity contribution in [1.82, 2.24) is 9.80 Å². The average Bonchev–Trinajstić information content (AvgIpc) is 2.77. The Bertz CT molecular complexity index is 323. The first-order valence-corrected chi connectivity index (χ1v) is 6.76. The second kappa shape index (κ2) is 4.95. The Hall–Kier alpha value is -0.900. The second-order valence-corrected chi connectivity index (χ2v) is 5.13. The minimum atomic E-state index is 0.130. The van der Waals surface area contributed by atoms with Crippen LogP contribution < -0.4 is 0 Å². The monoisotopic (exact) mass is 238 g/mol. The van der Waals surface area contributed by atoms with Crippen LogP contribution in [0.15, 0.2) is 23.8 Å².